The summed E-state index contributed by atoms with van der Waals surface area (Å²) in [5.41, 5.74) is 0.535. The fourth-order valence-electron chi connectivity index (χ4n) is 3.14. The first-order chi connectivity index (χ1) is 11.1. The number of aliphatic hydroxyl groups is 2. The van der Waals surface area contributed by atoms with Crippen LogP contribution in [0.3, 0.4) is 0 Å². The van der Waals surface area contributed by atoms with Crippen LogP contribution in [0, 0.1) is 5.92 Å². The van der Waals surface area contributed by atoms with Gasteiger partial charge < -0.3 is 19.4 Å². The summed E-state index contributed by atoms with van der Waals surface area (Å²) >= 11 is 0. The summed E-state index contributed by atoms with van der Waals surface area (Å²) in [5, 5.41) is 20.1. The zero-order valence-corrected chi connectivity index (χ0v) is 15.4. The molecule has 1 aromatic carbocycles. The van der Waals surface area contributed by atoms with E-state index in [0.717, 1.165) is 0 Å². The molecule has 0 bridgehead atoms. The van der Waals surface area contributed by atoms with Crippen molar-refractivity contribution in [3.63, 3.8) is 0 Å². The minimum atomic E-state index is -3.32. The predicted molar refractivity (Wildman–Crippen MR) is 91.1 cm³/mol. The number of ether oxygens (including phenoxy) is 1. The lowest BCUT2D eigenvalue weighted by Crippen LogP contribution is -2.60. The second-order valence-corrected chi connectivity index (χ2v) is 9.32. The maximum absolute atomic E-state index is 12.3. The minimum Gasteiger partial charge on any atom is -0.391 e. The highest BCUT2D eigenvalue weighted by atomic mass is 32.2. The van der Waals surface area contributed by atoms with Gasteiger partial charge in [-0.15, -0.1) is 0 Å². The van der Waals surface area contributed by atoms with Crippen molar-refractivity contribution >= 4 is 9.84 Å². The highest BCUT2D eigenvalue weighted by Crippen LogP contribution is 2.30. The highest BCUT2D eigenvalue weighted by Gasteiger charge is 2.44. The topological polar surface area (TPSA) is 83.8 Å². The zero-order valence-electron chi connectivity index (χ0n) is 14.6. The lowest BCUT2D eigenvalue weighted by Gasteiger charge is -2.44. The van der Waals surface area contributed by atoms with E-state index in [-0.39, 0.29) is 23.2 Å². The van der Waals surface area contributed by atoms with Crippen molar-refractivity contribution in [2.45, 2.75) is 24.5 Å². The van der Waals surface area contributed by atoms with Crippen LogP contribution in [0.2, 0.25) is 0 Å². The van der Waals surface area contributed by atoms with Crippen LogP contribution >= 0.6 is 0 Å². The van der Waals surface area contributed by atoms with Gasteiger partial charge in [0.15, 0.2) is 9.84 Å². The Hall–Kier alpha value is -0.990. The number of aliphatic hydroxyl groups excluding tert-OH is 1. The van der Waals surface area contributed by atoms with Gasteiger partial charge in [0, 0.05) is 5.56 Å². The lowest BCUT2D eigenvalue weighted by atomic mass is 10.0. The van der Waals surface area contributed by atoms with Gasteiger partial charge in [0.05, 0.1) is 30.9 Å². The maximum atomic E-state index is 12.3. The number of hydrogen-bond acceptors (Lipinski definition) is 5. The van der Waals surface area contributed by atoms with Crippen molar-refractivity contribution in [2.75, 3.05) is 45.6 Å². The quantitative estimate of drug-likeness (QED) is 0.733. The molecule has 6 nitrogen and oxygen atoms in total. The van der Waals surface area contributed by atoms with Gasteiger partial charge in [0.2, 0.25) is 5.79 Å². The Morgan fingerprint density at radius 2 is 1.92 bits per heavy atom. The predicted octanol–water partition coefficient (Wildman–Crippen LogP) is 0.730. The Kier molecular flexibility index (Phi) is 5.71. The molecule has 24 heavy (non-hydrogen) atoms. The molecule has 1 heterocycles. The van der Waals surface area contributed by atoms with E-state index in [9.17, 15) is 18.6 Å². The molecule has 1 aliphatic rings. The fraction of sp³-hybridized carbons (Fsp3) is 0.647. The molecule has 1 aliphatic heterocycles. The Morgan fingerprint density at radius 1 is 1.29 bits per heavy atom. The summed E-state index contributed by atoms with van der Waals surface area (Å²) in [7, 11) is -1.35. The first kappa shape index (κ1) is 19.3. The Morgan fingerprint density at radius 3 is 2.46 bits per heavy atom. The summed E-state index contributed by atoms with van der Waals surface area (Å²) < 4.78 is 30.6. The SMILES string of the molecule is CC(C)CS(=O)(=O)c1ccc([C@@]2(O)C[N@@+](C)(CCO)CCO2)cc1. The Labute approximate surface area is 144 Å². The van der Waals surface area contributed by atoms with E-state index in [1.807, 2.05) is 20.9 Å². The molecule has 0 aliphatic carbocycles. The van der Waals surface area contributed by atoms with Crippen LogP contribution in [-0.4, -0.2) is 68.8 Å². The Bertz CT molecular complexity index is 654. The van der Waals surface area contributed by atoms with Gasteiger partial charge in [0.1, 0.15) is 19.6 Å². The van der Waals surface area contributed by atoms with Crippen LogP contribution in [0.1, 0.15) is 19.4 Å². The maximum Gasteiger partial charge on any atom is 0.243 e. The number of nitrogens with zero attached hydrogens (tertiary/aromatic N) is 1. The fourth-order valence-corrected chi connectivity index (χ4v) is 4.76. The van der Waals surface area contributed by atoms with E-state index < -0.39 is 15.6 Å². The van der Waals surface area contributed by atoms with Gasteiger partial charge in [0.25, 0.3) is 0 Å². The van der Waals surface area contributed by atoms with Crippen molar-refractivity contribution in [1.29, 1.82) is 0 Å². The molecule has 0 radical (unpaired) electrons. The van der Waals surface area contributed by atoms with Crippen LogP contribution in [-0.2, 0) is 20.4 Å². The molecule has 0 amide bonds. The van der Waals surface area contributed by atoms with Gasteiger partial charge in [-0.05, 0) is 18.1 Å². The summed E-state index contributed by atoms with van der Waals surface area (Å²) in [6, 6.07) is 6.28. The third kappa shape index (κ3) is 4.34. The summed E-state index contributed by atoms with van der Waals surface area (Å²) in [5.74, 6) is -1.32. The molecule has 2 atom stereocenters. The molecule has 1 saturated heterocycles. The van der Waals surface area contributed by atoms with E-state index in [1.54, 1.807) is 12.1 Å². The van der Waals surface area contributed by atoms with E-state index in [4.69, 9.17) is 4.74 Å². The highest BCUT2D eigenvalue weighted by molar-refractivity contribution is 7.91. The monoisotopic (exact) mass is 358 g/mol. The van der Waals surface area contributed by atoms with E-state index in [0.29, 0.717) is 36.3 Å². The zero-order chi connectivity index (χ0) is 18.0. The number of hydrogen-bond donors (Lipinski definition) is 2. The molecular formula is C17H28NO5S+. The van der Waals surface area contributed by atoms with Crippen molar-refractivity contribution in [3.05, 3.63) is 29.8 Å². The largest absolute Gasteiger partial charge is 0.391 e. The van der Waals surface area contributed by atoms with Crippen LogP contribution in [0.25, 0.3) is 0 Å². The van der Waals surface area contributed by atoms with E-state index in [1.165, 1.54) is 12.1 Å². The molecule has 0 saturated carbocycles. The number of benzene rings is 1. The second-order valence-electron chi connectivity index (χ2n) is 7.28. The Balaban J connectivity index is 2.24. The number of morpholine rings is 1. The van der Waals surface area contributed by atoms with Crippen molar-refractivity contribution in [1.82, 2.24) is 0 Å². The molecule has 1 fully saturated rings. The van der Waals surface area contributed by atoms with Crippen LogP contribution in [0.15, 0.2) is 29.2 Å². The molecule has 0 spiro atoms. The molecule has 1 aromatic rings. The number of sulfone groups is 1. The summed E-state index contributed by atoms with van der Waals surface area (Å²) in [4.78, 5) is 0.256. The minimum absolute atomic E-state index is 0.0406. The van der Waals surface area contributed by atoms with Crippen molar-refractivity contribution in [3.8, 4) is 0 Å². The van der Waals surface area contributed by atoms with Gasteiger partial charge in [-0.3, -0.25) is 0 Å². The van der Waals surface area contributed by atoms with Crippen molar-refractivity contribution in [2.24, 2.45) is 5.92 Å². The van der Waals surface area contributed by atoms with E-state index >= 15 is 0 Å². The molecule has 7 heteroatoms. The van der Waals surface area contributed by atoms with Gasteiger partial charge >= 0.3 is 0 Å². The van der Waals surface area contributed by atoms with Crippen LogP contribution < -0.4 is 0 Å². The molecule has 0 unspecified atom stereocenters. The van der Waals surface area contributed by atoms with Crippen LogP contribution in [0.4, 0.5) is 0 Å². The van der Waals surface area contributed by atoms with E-state index in [2.05, 4.69) is 0 Å². The first-order valence-corrected chi connectivity index (χ1v) is 9.89. The lowest BCUT2D eigenvalue weighted by molar-refractivity contribution is -0.930. The number of likely N-dealkylation sites (N-methyl/N-ethyl adjacent to an activating group) is 1. The summed E-state index contributed by atoms with van der Waals surface area (Å²) in [6.45, 7) is 5.70. The van der Waals surface area contributed by atoms with Gasteiger partial charge in [-0.1, -0.05) is 26.0 Å². The van der Waals surface area contributed by atoms with Crippen LogP contribution in [0.5, 0.6) is 0 Å². The second kappa shape index (κ2) is 7.09. The molecule has 2 N–H and O–H groups in total. The standard InChI is InChI=1S/C17H28NO5S/c1-14(2)12-24(21,22)16-6-4-15(5-7-16)17(20)13-18(3,8-10-19)9-11-23-17/h4-7,14,19-20H,8-13H2,1-3H3/q+1/t17-,18+/m1/s1. The molecule has 136 valence electrons. The normalized spacial score (nSPS) is 28.2. The molecule has 0 aromatic heterocycles. The van der Waals surface area contributed by atoms with Gasteiger partial charge in [-0.25, -0.2) is 8.42 Å². The molecule has 2 rings (SSSR count). The van der Waals surface area contributed by atoms with Gasteiger partial charge in [-0.2, -0.15) is 0 Å². The average Bonchev–Trinajstić information content (AvgIpc) is 2.46. The number of rotatable bonds is 6. The molecular weight excluding hydrogens is 330 g/mol. The average molecular weight is 358 g/mol. The smallest absolute Gasteiger partial charge is 0.243 e. The number of quaternary nitrogens is 1. The third-order valence-electron chi connectivity index (χ3n) is 4.43. The van der Waals surface area contributed by atoms with Crippen molar-refractivity contribution < 1.29 is 27.9 Å². The third-order valence-corrected chi connectivity index (χ3v) is 6.52. The first-order valence-electron chi connectivity index (χ1n) is 8.24. The summed E-state index contributed by atoms with van der Waals surface area (Å²) in [6.07, 6.45) is 0.